The Morgan fingerprint density at radius 2 is 1.68 bits per heavy atom. The molecule has 0 fully saturated rings. The van der Waals surface area contributed by atoms with E-state index in [0.29, 0.717) is 11.3 Å². The molecule has 0 aromatic heterocycles. The third-order valence-electron chi connectivity index (χ3n) is 3.78. The van der Waals surface area contributed by atoms with Crippen molar-refractivity contribution in [3.63, 3.8) is 0 Å². The van der Waals surface area contributed by atoms with E-state index < -0.39 is 11.9 Å². The maximum atomic E-state index is 12.4. The van der Waals surface area contributed by atoms with Crippen LogP contribution < -0.4 is 4.74 Å². The van der Waals surface area contributed by atoms with Crippen LogP contribution in [0.3, 0.4) is 0 Å². The summed E-state index contributed by atoms with van der Waals surface area (Å²) in [7, 11) is 1.33. The molecule has 0 spiro atoms. The predicted octanol–water partition coefficient (Wildman–Crippen LogP) is 4.98. The van der Waals surface area contributed by atoms with E-state index in [1.54, 1.807) is 6.07 Å². The van der Waals surface area contributed by atoms with Crippen molar-refractivity contribution in [3.05, 3.63) is 64.6 Å². The smallest absolute Gasteiger partial charge is 0.338 e. The average molecular weight is 399 g/mol. The van der Waals surface area contributed by atoms with Crippen molar-refractivity contribution in [1.82, 2.24) is 0 Å². The maximum Gasteiger partial charge on any atom is 0.338 e. The van der Waals surface area contributed by atoms with Crippen LogP contribution in [-0.2, 0) is 9.53 Å². The first-order chi connectivity index (χ1) is 12.0. The third kappa shape index (κ3) is 3.42. The van der Waals surface area contributed by atoms with E-state index in [4.69, 9.17) is 9.47 Å². The zero-order valence-corrected chi connectivity index (χ0v) is 15.3. The van der Waals surface area contributed by atoms with Crippen LogP contribution in [0.4, 0.5) is 0 Å². The maximum absolute atomic E-state index is 12.4. The fourth-order valence-corrected chi connectivity index (χ4v) is 3.15. The van der Waals surface area contributed by atoms with Gasteiger partial charge in [0.15, 0.2) is 0 Å². The number of fused-ring (bicyclic) bond motifs is 1. The molecule has 0 aliphatic heterocycles. The molecule has 0 aliphatic rings. The van der Waals surface area contributed by atoms with E-state index in [1.807, 2.05) is 48.5 Å². The van der Waals surface area contributed by atoms with Gasteiger partial charge in [-0.3, -0.25) is 4.79 Å². The SMILES string of the molecule is COC(=O)c1cc(OC(C)=O)c2cc(Br)ccc2c1-c1ccccc1. The van der Waals surface area contributed by atoms with Crippen LogP contribution in [0.2, 0.25) is 0 Å². The van der Waals surface area contributed by atoms with Gasteiger partial charge in [0.05, 0.1) is 12.7 Å². The molecular formula is C20H15BrO4. The first-order valence-electron chi connectivity index (χ1n) is 7.59. The normalized spacial score (nSPS) is 10.5. The van der Waals surface area contributed by atoms with Crippen molar-refractivity contribution in [2.45, 2.75) is 6.92 Å². The standard InChI is InChI=1S/C20H15BrO4/c1-12(22)25-18-11-17(20(23)24-2)19(13-6-4-3-5-7-13)15-9-8-14(21)10-16(15)18/h3-11H,1-2H3. The van der Waals surface area contributed by atoms with E-state index in [2.05, 4.69) is 15.9 Å². The fourth-order valence-electron chi connectivity index (χ4n) is 2.79. The number of rotatable bonds is 3. The van der Waals surface area contributed by atoms with Crippen LogP contribution in [0.25, 0.3) is 21.9 Å². The Hall–Kier alpha value is -2.66. The van der Waals surface area contributed by atoms with Gasteiger partial charge >= 0.3 is 11.9 Å². The lowest BCUT2D eigenvalue weighted by Gasteiger charge is -2.16. The highest BCUT2D eigenvalue weighted by Gasteiger charge is 2.21. The van der Waals surface area contributed by atoms with Crippen molar-refractivity contribution in [2.75, 3.05) is 7.11 Å². The number of ether oxygens (including phenoxy) is 2. The van der Waals surface area contributed by atoms with E-state index in [-0.39, 0.29) is 0 Å². The van der Waals surface area contributed by atoms with Gasteiger partial charge in [-0.2, -0.15) is 0 Å². The number of benzene rings is 3. The lowest BCUT2D eigenvalue weighted by Crippen LogP contribution is -2.08. The highest BCUT2D eigenvalue weighted by atomic mass is 79.9. The molecule has 0 saturated carbocycles. The summed E-state index contributed by atoms with van der Waals surface area (Å²) >= 11 is 3.44. The Bertz CT molecular complexity index is 964. The summed E-state index contributed by atoms with van der Waals surface area (Å²) in [4.78, 5) is 23.9. The molecular weight excluding hydrogens is 384 g/mol. The zero-order chi connectivity index (χ0) is 18.0. The Balaban J connectivity index is 2.43. The molecule has 0 aliphatic carbocycles. The minimum atomic E-state index is -0.489. The van der Waals surface area contributed by atoms with Crippen LogP contribution in [0.5, 0.6) is 5.75 Å². The average Bonchev–Trinajstić information content (AvgIpc) is 2.61. The van der Waals surface area contributed by atoms with Crippen LogP contribution in [0.1, 0.15) is 17.3 Å². The molecule has 4 nitrogen and oxygen atoms in total. The molecule has 3 aromatic carbocycles. The second-order valence-corrected chi connectivity index (χ2v) is 6.35. The molecule has 0 bridgehead atoms. The van der Waals surface area contributed by atoms with Gasteiger partial charge in [-0.25, -0.2) is 4.79 Å². The van der Waals surface area contributed by atoms with Gasteiger partial charge in [0.2, 0.25) is 0 Å². The Kier molecular flexibility index (Phi) is 4.86. The quantitative estimate of drug-likeness (QED) is 0.461. The summed E-state index contributed by atoms with van der Waals surface area (Å²) in [5, 5.41) is 1.53. The van der Waals surface area contributed by atoms with Crippen molar-refractivity contribution >= 4 is 38.6 Å². The molecule has 0 amide bonds. The molecule has 0 N–H and O–H groups in total. The van der Waals surface area contributed by atoms with Gasteiger partial charge in [0, 0.05) is 22.3 Å². The first-order valence-corrected chi connectivity index (χ1v) is 8.39. The number of halogens is 1. The van der Waals surface area contributed by atoms with Gasteiger partial charge in [0.1, 0.15) is 5.75 Å². The van der Waals surface area contributed by atoms with Crippen LogP contribution in [0, 0.1) is 0 Å². The van der Waals surface area contributed by atoms with E-state index in [9.17, 15) is 9.59 Å². The molecule has 0 atom stereocenters. The molecule has 126 valence electrons. The number of hydrogen-bond acceptors (Lipinski definition) is 4. The second-order valence-electron chi connectivity index (χ2n) is 5.44. The summed E-state index contributed by atoms with van der Waals surface area (Å²) < 4.78 is 11.1. The molecule has 5 heteroatoms. The van der Waals surface area contributed by atoms with Crippen molar-refractivity contribution in [1.29, 1.82) is 0 Å². The van der Waals surface area contributed by atoms with Gasteiger partial charge in [-0.15, -0.1) is 0 Å². The lowest BCUT2D eigenvalue weighted by atomic mass is 9.92. The Labute approximate surface area is 153 Å². The number of hydrogen-bond donors (Lipinski definition) is 0. The fraction of sp³-hybridized carbons (Fsp3) is 0.100. The summed E-state index contributed by atoms with van der Waals surface area (Å²) in [5.74, 6) is -0.620. The second kappa shape index (κ2) is 7.07. The van der Waals surface area contributed by atoms with E-state index >= 15 is 0 Å². The molecule has 0 unspecified atom stereocenters. The number of esters is 2. The molecule has 0 saturated heterocycles. The number of methoxy groups -OCH3 is 1. The topological polar surface area (TPSA) is 52.6 Å². The minimum Gasteiger partial charge on any atom is -0.465 e. The van der Waals surface area contributed by atoms with Gasteiger partial charge in [-0.05, 0) is 29.1 Å². The number of carbonyl (C=O) groups excluding carboxylic acids is 2. The van der Waals surface area contributed by atoms with Crippen LogP contribution in [-0.4, -0.2) is 19.0 Å². The molecule has 3 aromatic rings. The summed E-state index contributed by atoms with van der Waals surface area (Å²) in [5.41, 5.74) is 1.97. The van der Waals surface area contributed by atoms with Crippen molar-refractivity contribution in [3.8, 4) is 16.9 Å². The van der Waals surface area contributed by atoms with Crippen LogP contribution in [0.15, 0.2) is 59.1 Å². The Morgan fingerprint density at radius 1 is 0.960 bits per heavy atom. The molecule has 3 rings (SSSR count). The largest absolute Gasteiger partial charge is 0.465 e. The summed E-state index contributed by atoms with van der Waals surface area (Å²) in [6.45, 7) is 1.33. The third-order valence-corrected chi connectivity index (χ3v) is 4.28. The van der Waals surface area contributed by atoms with Crippen molar-refractivity contribution < 1.29 is 19.1 Å². The molecule has 0 heterocycles. The number of carbonyl (C=O) groups is 2. The summed E-state index contributed by atoms with van der Waals surface area (Å²) in [6, 6.07) is 16.8. The Morgan fingerprint density at radius 3 is 2.32 bits per heavy atom. The van der Waals surface area contributed by atoms with Gasteiger partial charge in [-0.1, -0.05) is 52.3 Å². The monoisotopic (exact) mass is 398 g/mol. The summed E-state index contributed by atoms with van der Waals surface area (Å²) in [6.07, 6.45) is 0. The molecule has 25 heavy (non-hydrogen) atoms. The van der Waals surface area contributed by atoms with Crippen molar-refractivity contribution in [2.24, 2.45) is 0 Å². The van der Waals surface area contributed by atoms with Gasteiger partial charge in [0.25, 0.3) is 0 Å². The van der Waals surface area contributed by atoms with Gasteiger partial charge < -0.3 is 9.47 Å². The van der Waals surface area contributed by atoms with Crippen LogP contribution >= 0.6 is 15.9 Å². The highest BCUT2D eigenvalue weighted by Crippen LogP contribution is 2.39. The highest BCUT2D eigenvalue weighted by molar-refractivity contribution is 9.10. The lowest BCUT2D eigenvalue weighted by molar-refractivity contribution is -0.131. The molecule has 0 radical (unpaired) electrons. The zero-order valence-electron chi connectivity index (χ0n) is 13.7. The van der Waals surface area contributed by atoms with E-state index in [0.717, 1.165) is 26.4 Å². The van der Waals surface area contributed by atoms with E-state index in [1.165, 1.54) is 14.0 Å². The predicted molar refractivity (Wildman–Crippen MR) is 99.7 cm³/mol. The minimum absolute atomic E-state index is 0.323. The first kappa shape index (κ1) is 17.2.